The summed E-state index contributed by atoms with van der Waals surface area (Å²) in [6.45, 7) is 2.00. The van der Waals surface area contributed by atoms with Gasteiger partial charge in [0.25, 0.3) is 0 Å². The summed E-state index contributed by atoms with van der Waals surface area (Å²) in [6.07, 6.45) is 0.658. The number of carbonyl (C=O) groups is 1. The molecule has 5 nitrogen and oxygen atoms in total. The van der Waals surface area contributed by atoms with Crippen LogP contribution in [0.5, 0.6) is 5.75 Å². The molecule has 0 saturated carbocycles. The summed E-state index contributed by atoms with van der Waals surface area (Å²) in [5.74, 6) is -0.153. The van der Waals surface area contributed by atoms with E-state index in [0.29, 0.717) is 17.8 Å². The van der Waals surface area contributed by atoms with Gasteiger partial charge < -0.3 is 20.0 Å². The van der Waals surface area contributed by atoms with Gasteiger partial charge in [0.05, 0.1) is 0 Å². The third-order valence-corrected chi connectivity index (χ3v) is 3.78. The van der Waals surface area contributed by atoms with Crippen molar-refractivity contribution in [1.29, 1.82) is 0 Å². The number of benzene rings is 2. The lowest BCUT2D eigenvalue weighted by molar-refractivity contribution is 0.0693. The van der Waals surface area contributed by atoms with Crippen molar-refractivity contribution >= 4 is 29.3 Å². The Bertz CT molecular complexity index is 860. The second-order valence-corrected chi connectivity index (χ2v) is 5.78. The van der Waals surface area contributed by atoms with Crippen molar-refractivity contribution in [2.45, 2.75) is 19.4 Å². The van der Waals surface area contributed by atoms with Gasteiger partial charge in [-0.2, -0.15) is 0 Å². The lowest BCUT2D eigenvalue weighted by Gasteiger charge is -2.15. The average Bonchev–Trinajstić information content (AvgIpc) is 2.93. The average molecular weight is 362 g/mol. The molecule has 3 N–H and O–H groups in total. The molecule has 25 heavy (non-hydrogen) atoms. The van der Waals surface area contributed by atoms with E-state index in [0.717, 1.165) is 10.9 Å². The zero-order valence-electron chi connectivity index (χ0n) is 13.8. The van der Waals surface area contributed by atoms with E-state index in [1.54, 1.807) is 25.1 Å². The highest BCUT2D eigenvalue weighted by Gasteiger charge is 2.20. The molecule has 0 fully saturated rings. The molecule has 1 atom stereocenters. The molecule has 132 valence electrons. The SMILES string of the molecule is Cc1cc2ccc(OC[C@H](N)Cc3ccccc3)c(C(=O)O)c2o1.Cl. The first-order valence-electron chi connectivity index (χ1n) is 7.73. The molecular formula is C19H20ClNO4. The normalized spacial score (nSPS) is 11.8. The number of aryl methyl sites for hydroxylation is 1. The number of nitrogens with two attached hydrogens (primary N) is 1. The minimum Gasteiger partial charge on any atom is -0.491 e. The number of aromatic carboxylic acids is 1. The van der Waals surface area contributed by atoms with Crippen LogP contribution in [0.4, 0.5) is 0 Å². The Morgan fingerprint density at radius 2 is 1.96 bits per heavy atom. The number of halogens is 1. The van der Waals surface area contributed by atoms with Crippen molar-refractivity contribution in [1.82, 2.24) is 0 Å². The Morgan fingerprint density at radius 1 is 1.24 bits per heavy atom. The van der Waals surface area contributed by atoms with Crippen LogP contribution < -0.4 is 10.5 Å². The molecular weight excluding hydrogens is 342 g/mol. The van der Waals surface area contributed by atoms with Crippen molar-refractivity contribution in [3.05, 3.63) is 65.4 Å². The van der Waals surface area contributed by atoms with Crippen LogP contribution in [-0.2, 0) is 6.42 Å². The van der Waals surface area contributed by atoms with E-state index in [-0.39, 0.29) is 36.4 Å². The highest BCUT2D eigenvalue weighted by molar-refractivity contribution is 6.04. The van der Waals surface area contributed by atoms with E-state index in [2.05, 4.69) is 0 Å². The smallest absolute Gasteiger partial charge is 0.343 e. The Kier molecular flexibility index (Phi) is 6.07. The number of ether oxygens (including phenoxy) is 1. The summed E-state index contributed by atoms with van der Waals surface area (Å²) < 4.78 is 11.2. The maximum Gasteiger partial charge on any atom is 0.343 e. The lowest BCUT2D eigenvalue weighted by atomic mass is 10.1. The Morgan fingerprint density at radius 3 is 2.64 bits per heavy atom. The fourth-order valence-corrected chi connectivity index (χ4v) is 2.71. The largest absolute Gasteiger partial charge is 0.491 e. The van der Waals surface area contributed by atoms with Gasteiger partial charge in [-0.3, -0.25) is 0 Å². The Hall–Kier alpha value is -2.50. The highest BCUT2D eigenvalue weighted by atomic mass is 35.5. The van der Waals surface area contributed by atoms with Crippen LogP contribution in [0.15, 0.2) is 52.9 Å². The molecule has 0 bridgehead atoms. The molecule has 0 unspecified atom stereocenters. The minimum atomic E-state index is -1.08. The molecule has 0 aliphatic rings. The van der Waals surface area contributed by atoms with Crippen LogP contribution in [0.3, 0.4) is 0 Å². The predicted molar refractivity (Wildman–Crippen MR) is 98.8 cm³/mol. The van der Waals surface area contributed by atoms with Crippen molar-refractivity contribution in [2.75, 3.05) is 6.61 Å². The summed E-state index contributed by atoms with van der Waals surface area (Å²) in [5, 5.41) is 10.2. The molecule has 1 heterocycles. The molecule has 0 radical (unpaired) electrons. The Labute approximate surface area is 151 Å². The fraction of sp³-hybridized carbons (Fsp3) is 0.211. The molecule has 3 rings (SSSR count). The highest BCUT2D eigenvalue weighted by Crippen LogP contribution is 2.30. The summed E-state index contributed by atoms with van der Waals surface area (Å²) in [5.41, 5.74) is 7.58. The second kappa shape index (κ2) is 8.05. The van der Waals surface area contributed by atoms with Gasteiger partial charge in [-0.25, -0.2) is 4.79 Å². The first kappa shape index (κ1) is 18.8. The van der Waals surface area contributed by atoms with Gasteiger partial charge in [0.1, 0.15) is 23.7 Å². The third-order valence-electron chi connectivity index (χ3n) is 3.78. The van der Waals surface area contributed by atoms with E-state index in [1.807, 2.05) is 30.3 Å². The van der Waals surface area contributed by atoms with Crippen molar-refractivity contribution in [3.63, 3.8) is 0 Å². The third kappa shape index (κ3) is 4.32. The van der Waals surface area contributed by atoms with Crippen molar-refractivity contribution < 1.29 is 19.1 Å². The number of hydrogen-bond donors (Lipinski definition) is 2. The number of carboxylic acid groups (broad SMARTS) is 1. The monoisotopic (exact) mass is 361 g/mol. The van der Waals surface area contributed by atoms with Crippen LogP contribution in [0, 0.1) is 6.92 Å². The number of hydrogen-bond acceptors (Lipinski definition) is 4. The summed E-state index contributed by atoms with van der Waals surface area (Å²) in [4.78, 5) is 11.6. The van der Waals surface area contributed by atoms with Crippen LogP contribution in [-0.4, -0.2) is 23.7 Å². The summed E-state index contributed by atoms with van der Waals surface area (Å²) >= 11 is 0. The first-order valence-corrected chi connectivity index (χ1v) is 7.73. The number of furan rings is 1. The van der Waals surface area contributed by atoms with Gasteiger partial charge in [0.2, 0.25) is 0 Å². The standard InChI is InChI=1S/C19H19NO4.ClH/c1-12-9-14-7-8-16(17(19(21)22)18(14)24-12)23-11-15(20)10-13-5-3-2-4-6-13;/h2-9,15H,10-11,20H2,1H3,(H,21,22);1H/t15-;/m1./s1. The van der Waals surface area contributed by atoms with Crippen LogP contribution >= 0.6 is 12.4 Å². The second-order valence-electron chi connectivity index (χ2n) is 5.78. The van der Waals surface area contributed by atoms with Crippen molar-refractivity contribution in [2.24, 2.45) is 5.73 Å². The van der Waals surface area contributed by atoms with E-state index in [9.17, 15) is 9.90 Å². The zero-order chi connectivity index (χ0) is 17.1. The minimum absolute atomic E-state index is 0. The Balaban J connectivity index is 0.00000225. The lowest BCUT2D eigenvalue weighted by Crippen LogP contribution is -2.30. The van der Waals surface area contributed by atoms with Crippen LogP contribution in [0.2, 0.25) is 0 Å². The molecule has 0 aliphatic carbocycles. The predicted octanol–water partition coefficient (Wildman–Crippen LogP) is 3.81. The van der Waals surface area contributed by atoms with Gasteiger partial charge in [-0.05, 0) is 37.1 Å². The molecule has 0 amide bonds. The maximum absolute atomic E-state index is 11.6. The molecule has 2 aromatic carbocycles. The van der Waals surface area contributed by atoms with Gasteiger partial charge in [0.15, 0.2) is 5.58 Å². The molecule has 0 aliphatic heterocycles. The van der Waals surface area contributed by atoms with Crippen LogP contribution in [0.25, 0.3) is 11.0 Å². The van der Waals surface area contributed by atoms with Gasteiger partial charge in [-0.15, -0.1) is 12.4 Å². The number of fused-ring (bicyclic) bond motifs is 1. The molecule has 6 heteroatoms. The number of carboxylic acids is 1. The summed E-state index contributed by atoms with van der Waals surface area (Å²) in [7, 11) is 0. The van der Waals surface area contributed by atoms with E-state index in [4.69, 9.17) is 14.9 Å². The quantitative estimate of drug-likeness (QED) is 0.697. The van der Waals surface area contributed by atoms with E-state index in [1.165, 1.54) is 0 Å². The van der Waals surface area contributed by atoms with Crippen LogP contribution in [0.1, 0.15) is 21.7 Å². The van der Waals surface area contributed by atoms with E-state index < -0.39 is 5.97 Å². The summed E-state index contributed by atoms with van der Waals surface area (Å²) in [6, 6.07) is 14.9. The molecule has 3 aromatic rings. The fourth-order valence-electron chi connectivity index (χ4n) is 2.71. The number of rotatable bonds is 6. The zero-order valence-corrected chi connectivity index (χ0v) is 14.6. The van der Waals surface area contributed by atoms with Gasteiger partial charge in [-0.1, -0.05) is 30.3 Å². The first-order chi connectivity index (χ1) is 11.5. The van der Waals surface area contributed by atoms with Gasteiger partial charge >= 0.3 is 5.97 Å². The van der Waals surface area contributed by atoms with E-state index >= 15 is 0 Å². The maximum atomic E-state index is 11.6. The molecule has 0 spiro atoms. The van der Waals surface area contributed by atoms with Gasteiger partial charge in [0, 0.05) is 11.4 Å². The molecule has 0 saturated heterocycles. The molecule has 1 aromatic heterocycles. The van der Waals surface area contributed by atoms with Crippen molar-refractivity contribution in [3.8, 4) is 5.75 Å². The topological polar surface area (TPSA) is 85.7 Å².